The van der Waals surface area contributed by atoms with E-state index in [-0.39, 0.29) is 5.54 Å². The highest BCUT2D eigenvalue weighted by atomic mass is 16.3. The molecule has 0 spiro atoms. The van der Waals surface area contributed by atoms with Crippen LogP contribution in [-0.2, 0) is 7.05 Å². The van der Waals surface area contributed by atoms with E-state index in [9.17, 15) is 5.11 Å². The zero-order chi connectivity index (χ0) is 11.6. The Labute approximate surface area is 91.5 Å². The van der Waals surface area contributed by atoms with Crippen molar-refractivity contribution in [2.45, 2.75) is 31.9 Å². The van der Waals surface area contributed by atoms with Crippen LogP contribution in [0.15, 0.2) is 12.4 Å². The topological polar surface area (TPSA) is 41.3 Å². The van der Waals surface area contributed by atoms with Crippen LogP contribution in [0.3, 0.4) is 0 Å². The van der Waals surface area contributed by atoms with Crippen molar-refractivity contribution in [3.63, 3.8) is 0 Å². The second kappa shape index (κ2) is 4.33. The predicted molar refractivity (Wildman–Crippen MR) is 60.6 cm³/mol. The lowest BCUT2D eigenvalue weighted by Gasteiger charge is -2.39. The highest BCUT2D eigenvalue weighted by Crippen LogP contribution is 2.32. The highest BCUT2D eigenvalue weighted by Gasteiger charge is 2.35. The van der Waals surface area contributed by atoms with Crippen LogP contribution in [0.2, 0.25) is 0 Å². The number of hydrogen-bond donors (Lipinski definition) is 1. The maximum atomic E-state index is 10.3. The van der Waals surface area contributed by atoms with Gasteiger partial charge in [0.1, 0.15) is 6.10 Å². The summed E-state index contributed by atoms with van der Waals surface area (Å²) in [4.78, 5) is 2.06. The van der Waals surface area contributed by atoms with Gasteiger partial charge in [-0.3, -0.25) is 4.68 Å². The Balaban J connectivity index is 2.96. The first-order valence-electron chi connectivity index (χ1n) is 5.26. The Morgan fingerprint density at radius 1 is 1.60 bits per heavy atom. The number of nitrogens with zero attached hydrogens (tertiary/aromatic N) is 3. The van der Waals surface area contributed by atoms with Crippen LogP contribution in [0.5, 0.6) is 0 Å². The molecule has 0 amide bonds. The molecule has 15 heavy (non-hydrogen) atoms. The van der Waals surface area contributed by atoms with Crippen molar-refractivity contribution in [2.75, 3.05) is 14.1 Å². The molecular weight excluding hydrogens is 190 g/mol. The van der Waals surface area contributed by atoms with Gasteiger partial charge in [-0.25, -0.2) is 0 Å². The predicted octanol–water partition coefficient (Wildman–Crippen LogP) is 1.18. The van der Waals surface area contributed by atoms with E-state index < -0.39 is 6.10 Å². The van der Waals surface area contributed by atoms with Gasteiger partial charge in [-0.2, -0.15) is 5.10 Å². The third-order valence-electron chi connectivity index (χ3n) is 3.37. The fourth-order valence-corrected chi connectivity index (χ4v) is 1.69. The molecule has 2 unspecified atom stereocenters. The van der Waals surface area contributed by atoms with Crippen molar-refractivity contribution in [1.82, 2.24) is 14.7 Å². The number of aliphatic hydroxyl groups is 1. The van der Waals surface area contributed by atoms with Gasteiger partial charge in [0.2, 0.25) is 0 Å². The van der Waals surface area contributed by atoms with Crippen LogP contribution in [0.1, 0.15) is 31.9 Å². The molecule has 0 aliphatic carbocycles. The van der Waals surface area contributed by atoms with E-state index in [2.05, 4.69) is 23.8 Å². The average molecular weight is 211 g/mol. The minimum Gasteiger partial charge on any atom is -0.386 e. The van der Waals surface area contributed by atoms with E-state index in [1.54, 1.807) is 10.9 Å². The smallest absolute Gasteiger partial charge is 0.100 e. The number of likely N-dealkylation sites (N-methyl/N-ethyl adjacent to an activating group) is 1. The molecule has 0 saturated carbocycles. The second-order valence-corrected chi connectivity index (χ2v) is 4.46. The molecule has 1 aromatic heterocycles. The van der Waals surface area contributed by atoms with Gasteiger partial charge >= 0.3 is 0 Å². The van der Waals surface area contributed by atoms with E-state index >= 15 is 0 Å². The molecule has 0 fully saturated rings. The second-order valence-electron chi connectivity index (χ2n) is 4.46. The van der Waals surface area contributed by atoms with Crippen LogP contribution >= 0.6 is 0 Å². The number of aliphatic hydroxyl groups excluding tert-OH is 1. The van der Waals surface area contributed by atoms with Crippen molar-refractivity contribution < 1.29 is 5.11 Å². The molecule has 4 heteroatoms. The third-order valence-corrected chi connectivity index (χ3v) is 3.37. The normalized spacial score (nSPS) is 17.8. The lowest BCUT2D eigenvalue weighted by atomic mass is 9.87. The first-order valence-corrected chi connectivity index (χ1v) is 5.26. The summed E-state index contributed by atoms with van der Waals surface area (Å²) in [5.41, 5.74) is 0.624. The molecule has 4 nitrogen and oxygen atoms in total. The van der Waals surface area contributed by atoms with E-state index in [1.807, 2.05) is 27.3 Å². The quantitative estimate of drug-likeness (QED) is 0.813. The van der Waals surface area contributed by atoms with E-state index in [1.165, 1.54) is 0 Å². The van der Waals surface area contributed by atoms with Gasteiger partial charge in [0, 0.05) is 24.3 Å². The Morgan fingerprint density at radius 2 is 2.20 bits per heavy atom. The summed E-state index contributed by atoms with van der Waals surface area (Å²) in [5, 5.41) is 14.4. The van der Waals surface area contributed by atoms with Gasteiger partial charge in [-0.15, -0.1) is 0 Å². The summed E-state index contributed by atoms with van der Waals surface area (Å²) in [6, 6.07) is 0. The van der Waals surface area contributed by atoms with Crippen LogP contribution in [0.25, 0.3) is 0 Å². The van der Waals surface area contributed by atoms with E-state index in [4.69, 9.17) is 0 Å². The molecule has 1 rings (SSSR count). The summed E-state index contributed by atoms with van der Waals surface area (Å²) >= 11 is 0. The molecular formula is C11H21N3O. The average Bonchev–Trinajstić information content (AvgIpc) is 2.62. The Morgan fingerprint density at radius 3 is 2.53 bits per heavy atom. The molecule has 86 valence electrons. The number of rotatable bonds is 4. The standard InChI is InChI=1S/C11H21N3O/c1-6-11(2,13(3)4)10(15)9-7-12-14(5)8-9/h7-8,10,15H,6H2,1-5H3. The SMILES string of the molecule is CCC(C)(C(O)c1cnn(C)c1)N(C)C. The minimum absolute atomic E-state index is 0.247. The maximum Gasteiger partial charge on any atom is 0.100 e. The molecule has 1 heterocycles. The van der Waals surface area contributed by atoms with Gasteiger partial charge in [-0.1, -0.05) is 6.92 Å². The van der Waals surface area contributed by atoms with Gasteiger partial charge in [0.15, 0.2) is 0 Å². The molecule has 0 bridgehead atoms. The lowest BCUT2D eigenvalue weighted by molar-refractivity contribution is 0.000828. The minimum atomic E-state index is -0.508. The van der Waals surface area contributed by atoms with Crippen molar-refractivity contribution >= 4 is 0 Å². The van der Waals surface area contributed by atoms with Crippen molar-refractivity contribution in [3.05, 3.63) is 18.0 Å². The summed E-state index contributed by atoms with van der Waals surface area (Å²) in [5.74, 6) is 0. The molecule has 0 radical (unpaired) electrons. The van der Waals surface area contributed by atoms with E-state index in [0.29, 0.717) is 0 Å². The van der Waals surface area contributed by atoms with Gasteiger partial charge in [-0.05, 0) is 27.4 Å². The highest BCUT2D eigenvalue weighted by molar-refractivity contribution is 5.13. The first kappa shape index (κ1) is 12.2. The molecule has 0 aromatic carbocycles. The molecule has 0 aliphatic rings. The van der Waals surface area contributed by atoms with Crippen molar-refractivity contribution in [3.8, 4) is 0 Å². The lowest BCUT2D eigenvalue weighted by Crippen LogP contribution is -2.46. The Kier molecular flexibility index (Phi) is 3.52. The number of aromatic nitrogens is 2. The monoisotopic (exact) mass is 211 g/mol. The summed E-state index contributed by atoms with van der Waals surface area (Å²) in [6.45, 7) is 4.14. The summed E-state index contributed by atoms with van der Waals surface area (Å²) in [6.07, 6.45) is 3.96. The number of aryl methyl sites for hydroxylation is 1. The van der Waals surface area contributed by atoms with Gasteiger partial charge < -0.3 is 10.0 Å². The fraction of sp³-hybridized carbons (Fsp3) is 0.727. The molecule has 1 aromatic rings. The van der Waals surface area contributed by atoms with Crippen LogP contribution < -0.4 is 0 Å². The van der Waals surface area contributed by atoms with Crippen LogP contribution in [-0.4, -0.2) is 39.4 Å². The summed E-state index contributed by atoms with van der Waals surface area (Å²) < 4.78 is 1.71. The van der Waals surface area contributed by atoms with Crippen molar-refractivity contribution in [2.24, 2.45) is 7.05 Å². The maximum absolute atomic E-state index is 10.3. The first-order chi connectivity index (χ1) is 6.91. The van der Waals surface area contributed by atoms with Gasteiger partial charge in [0.05, 0.1) is 6.20 Å². The largest absolute Gasteiger partial charge is 0.386 e. The third kappa shape index (κ3) is 2.21. The van der Waals surface area contributed by atoms with Crippen LogP contribution in [0, 0.1) is 0 Å². The molecule has 0 saturated heterocycles. The number of hydrogen-bond acceptors (Lipinski definition) is 3. The molecule has 2 atom stereocenters. The molecule has 1 N–H and O–H groups in total. The fourth-order valence-electron chi connectivity index (χ4n) is 1.69. The Hall–Kier alpha value is -0.870. The molecule has 0 aliphatic heterocycles. The van der Waals surface area contributed by atoms with Crippen LogP contribution in [0.4, 0.5) is 0 Å². The Bertz CT molecular complexity index is 321. The van der Waals surface area contributed by atoms with Gasteiger partial charge in [0.25, 0.3) is 0 Å². The zero-order valence-corrected chi connectivity index (χ0v) is 10.2. The van der Waals surface area contributed by atoms with Crippen molar-refractivity contribution in [1.29, 1.82) is 0 Å². The van der Waals surface area contributed by atoms with E-state index in [0.717, 1.165) is 12.0 Å². The zero-order valence-electron chi connectivity index (χ0n) is 10.2. The summed E-state index contributed by atoms with van der Waals surface area (Å²) in [7, 11) is 5.83.